The zero-order chi connectivity index (χ0) is 18.5. The van der Waals surface area contributed by atoms with Crippen LogP contribution in [-0.2, 0) is 0 Å². The second-order valence-corrected chi connectivity index (χ2v) is 5.90. The number of aromatic nitrogens is 2. The van der Waals surface area contributed by atoms with E-state index in [1.54, 1.807) is 13.2 Å². The number of carbonyl (C=O) groups excluding carboxylic acids is 1. The van der Waals surface area contributed by atoms with E-state index in [9.17, 15) is 4.79 Å². The highest BCUT2D eigenvalue weighted by molar-refractivity contribution is 6.00. The standard InChI is InChI=1S/C20H20N4O2/c1-13-4-6-15(7-5-13)14(2)21-24-20(25)19-12-18(22-23-19)16-8-10-17(26-3)11-9-16/h4-12H,1-3H3,(H,22,23)(H,24,25)/b21-14+. The van der Waals surface area contributed by atoms with Crippen molar-refractivity contribution in [3.05, 3.63) is 71.4 Å². The molecule has 1 aromatic heterocycles. The molecule has 3 rings (SSSR count). The summed E-state index contributed by atoms with van der Waals surface area (Å²) in [5, 5.41) is 11.1. The second kappa shape index (κ2) is 7.65. The molecule has 0 atom stereocenters. The van der Waals surface area contributed by atoms with Crippen molar-refractivity contribution in [1.82, 2.24) is 15.6 Å². The molecule has 0 aliphatic rings. The zero-order valence-electron chi connectivity index (χ0n) is 14.9. The Hall–Kier alpha value is -3.41. The number of benzene rings is 2. The largest absolute Gasteiger partial charge is 0.497 e. The van der Waals surface area contributed by atoms with Gasteiger partial charge in [-0.1, -0.05) is 29.8 Å². The number of ether oxygens (including phenoxy) is 1. The first-order chi connectivity index (χ1) is 12.6. The van der Waals surface area contributed by atoms with Crippen LogP contribution in [0.2, 0.25) is 0 Å². The normalized spacial score (nSPS) is 11.3. The van der Waals surface area contributed by atoms with E-state index < -0.39 is 0 Å². The van der Waals surface area contributed by atoms with Gasteiger partial charge in [0.1, 0.15) is 11.4 Å². The fourth-order valence-corrected chi connectivity index (χ4v) is 2.40. The summed E-state index contributed by atoms with van der Waals surface area (Å²) in [6, 6.07) is 17.1. The Morgan fingerprint density at radius 2 is 1.81 bits per heavy atom. The number of amides is 1. The van der Waals surface area contributed by atoms with Gasteiger partial charge in [-0.25, -0.2) is 5.43 Å². The van der Waals surface area contributed by atoms with Crippen LogP contribution in [0.3, 0.4) is 0 Å². The number of nitrogens with one attached hydrogen (secondary N) is 2. The number of methoxy groups -OCH3 is 1. The molecule has 3 aromatic rings. The van der Waals surface area contributed by atoms with Crippen LogP contribution in [0.5, 0.6) is 5.75 Å². The number of nitrogens with zero attached hydrogens (tertiary/aromatic N) is 2. The first-order valence-electron chi connectivity index (χ1n) is 8.18. The quantitative estimate of drug-likeness (QED) is 0.547. The van der Waals surface area contributed by atoms with Crippen LogP contribution >= 0.6 is 0 Å². The van der Waals surface area contributed by atoms with Gasteiger partial charge < -0.3 is 4.74 Å². The maximum Gasteiger partial charge on any atom is 0.289 e. The van der Waals surface area contributed by atoms with Crippen molar-refractivity contribution in [2.24, 2.45) is 5.10 Å². The summed E-state index contributed by atoms with van der Waals surface area (Å²) in [6.07, 6.45) is 0. The van der Waals surface area contributed by atoms with Crippen molar-refractivity contribution in [2.45, 2.75) is 13.8 Å². The minimum atomic E-state index is -0.344. The molecular formula is C20H20N4O2. The Labute approximate surface area is 151 Å². The molecule has 132 valence electrons. The summed E-state index contributed by atoms with van der Waals surface area (Å²) >= 11 is 0. The molecule has 0 radical (unpaired) electrons. The molecule has 2 N–H and O–H groups in total. The third-order valence-electron chi connectivity index (χ3n) is 4.00. The van der Waals surface area contributed by atoms with Crippen LogP contribution < -0.4 is 10.2 Å². The molecular weight excluding hydrogens is 328 g/mol. The summed E-state index contributed by atoms with van der Waals surface area (Å²) in [4.78, 5) is 12.3. The Bertz CT molecular complexity index is 925. The molecule has 0 fully saturated rings. The Morgan fingerprint density at radius 1 is 1.12 bits per heavy atom. The summed E-state index contributed by atoms with van der Waals surface area (Å²) < 4.78 is 5.14. The van der Waals surface area contributed by atoms with E-state index in [4.69, 9.17) is 4.74 Å². The zero-order valence-corrected chi connectivity index (χ0v) is 14.9. The first kappa shape index (κ1) is 17.4. The maximum atomic E-state index is 12.3. The molecule has 1 amide bonds. The van der Waals surface area contributed by atoms with Crippen LogP contribution in [0.4, 0.5) is 0 Å². The van der Waals surface area contributed by atoms with E-state index in [1.807, 2.05) is 62.4 Å². The second-order valence-electron chi connectivity index (χ2n) is 5.90. The van der Waals surface area contributed by atoms with E-state index in [2.05, 4.69) is 20.7 Å². The third kappa shape index (κ3) is 3.97. The molecule has 0 aliphatic carbocycles. The maximum absolute atomic E-state index is 12.3. The molecule has 0 unspecified atom stereocenters. The fraction of sp³-hybridized carbons (Fsp3) is 0.150. The lowest BCUT2D eigenvalue weighted by Gasteiger charge is -2.02. The SMILES string of the molecule is COc1ccc(-c2cc(C(=O)N/N=C(\C)c3ccc(C)cc3)[nH]n2)cc1. The van der Waals surface area contributed by atoms with Gasteiger partial charge >= 0.3 is 0 Å². The van der Waals surface area contributed by atoms with Crippen molar-refractivity contribution in [2.75, 3.05) is 7.11 Å². The molecule has 6 nitrogen and oxygen atoms in total. The van der Waals surface area contributed by atoms with Crippen molar-refractivity contribution in [1.29, 1.82) is 0 Å². The predicted octanol–water partition coefficient (Wildman–Crippen LogP) is 3.55. The predicted molar refractivity (Wildman–Crippen MR) is 101 cm³/mol. The summed E-state index contributed by atoms with van der Waals surface area (Å²) in [5.41, 5.74) is 7.33. The van der Waals surface area contributed by atoms with Crippen molar-refractivity contribution < 1.29 is 9.53 Å². The molecule has 0 saturated carbocycles. The number of hydrogen-bond acceptors (Lipinski definition) is 4. The molecule has 6 heteroatoms. The van der Waals surface area contributed by atoms with E-state index in [1.165, 1.54) is 5.56 Å². The number of hydrazone groups is 1. The van der Waals surface area contributed by atoms with Crippen molar-refractivity contribution in [3.63, 3.8) is 0 Å². The molecule has 0 saturated heterocycles. The van der Waals surface area contributed by atoms with Crippen LogP contribution in [0.15, 0.2) is 59.7 Å². The average molecular weight is 348 g/mol. The minimum absolute atomic E-state index is 0.344. The van der Waals surface area contributed by atoms with E-state index in [0.717, 1.165) is 22.6 Å². The van der Waals surface area contributed by atoms with Gasteiger partial charge in [0.05, 0.1) is 18.5 Å². The molecule has 26 heavy (non-hydrogen) atoms. The van der Waals surface area contributed by atoms with Crippen LogP contribution in [-0.4, -0.2) is 28.9 Å². The van der Waals surface area contributed by atoms with E-state index >= 15 is 0 Å². The van der Waals surface area contributed by atoms with Gasteiger partial charge in [-0.15, -0.1) is 0 Å². The number of carbonyl (C=O) groups is 1. The molecule has 1 heterocycles. The molecule has 2 aromatic carbocycles. The van der Waals surface area contributed by atoms with Gasteiger partial charge in [0.25, 0.3) is 5.91 Å². The number of aromatic amines is 1. The van der Waals surface area contributed by atoms with E-state index in [-0.39, 0.29) is 5.91 Å². The van der Waals surface area contributed by atoms with Gasteiger partial charge in [-0.2, -0.15) is 10.2 Å². The average Bonchev–Trinajstić information content (AvgIpc) is 3.17. The molecule has 0 aliphatic heterocycles. The first-order valence-corrected chi connectivity index (χ1v) is 8.18. The van der Waals surface area contributed by atoms with Gasteiger partial charge in [0.15, 0.2) is 0 Å². The lowest BCUT2D eigenvalue weighted by molar-refractivity contribution is 0.0950. The lowest BCUT2D eigenvalue weighted by atomic mass is 10.1. The Morgan fingerprint density at radius 3 is 2.46 bits per heavy atom. The fourth-order valence-electron chi connectivity index (χ4n) is 2.40. The highest BCUT2D eigenvalue weighted by atomic mass is 16.5. The lowest BCUT2D eigenvalue weighted by Crippen LogP contribution is -2.19. The van der Waals surface area contributed by atoms with Gasteiger partial charge in [-0.05, 0) is 49.7 Å². The van der Waals surface area contributed by atoms with E-state index in [0.29, 0.717) is 11.4 Å². The number of rotatable bonds is 5. The topological polar surface area (TPSA) is 79.4 Å². The summed E-state index contributed by atoms with van der Waals surface area (Å²) in [7, 11) is 1.62. The molecule has 0 bridgehead atoms. The van der Waals surface area contributed by atoms with Crippen molar-refractivity contribution >= 4 is 11.6 Å². The highest BCUT2D eigenvalue weighted by Crippen LogP contribution is 2.21. The van der Waals surface area contributed by atoms with Gasteiger partial charge in [-0.3, -0.25) is 9.89 Å². The molecule has 0 spiro atoms. The number of hydrogen-bond donors (Lipinski definition) is 2. The Kier molecular flexibility index (Phi) is 5.12. The number of H-pyrrole nitrogens is 1. The summed E-state index contributed by atoms with van der Waals surface area (Å²) in [5.74, 6) is 0.423. The smallest absolute Gasteiger partial charge is 0.289 e. The number of aryl methyl sites for hydroxylation is 1. The third-order valence-corrected chi connectivity index (χ3v) is 4.00. The Balaban J connectivity index is 1.69. The highest BCUT2D eigenvalue weighted by Gasteiger charge is 2.11. The van der Waals surface area contributed by atoms with Crippen LogP contribution in [0.25, 0.3) is 11.3 Å². The monoisotopic (exact) mass is 348 g/mol. The van der Waals surface area contributed by atoms with Crippen LogP contribution in [0.1, 0.15) is 28.5 Å². The van der Waals surface area contributed by atoms with Gasteiger partial charge in [0, 0.05) is 5.56 Å². The summed E-state index contributed by atoms with van der Waals surface area (Å²) in [6.45, 7) is 3.87. The van der Waals surface area contributed by atoms with Crippen LogP contribution in [0, 0.1) is 6.92 Å². The van der Waals surface area contributed by atoms with Gasteiger partial charge in [0.2, 0.25) is 0 Å². The minimum Gasteiger partial charge on any atom is -0.497 e. The van der Waals surface area contributed by atoms with Crippen molar-refractivity contribution in [3.8, 4) is 17.0 Å².